The number of aliphatic hydroxyl groups excluding tert-OH is 1. The van der Waals surface area contributed by atoms with Gasteiger partial charge in [-0.15, -0.1) is 0 Å². The second kappa shape index (κ2) is 11.2. The molecule has 18 heteroatoms. The molecule has 0 spiro atoms. The van der Waals surface area contributed by atoms with Gasteiger partial charge in [0.2, 0.25) is 0 Å². The van der Waals surface area contributed by atoms with Gasteiger partial charge in [0.1, 0.15) is 24.5 Å². The van der Waals surface area contributed by atoms with Crippen LogP contribution in [0, 0.1) is 6.92 Å². The summed E-state index contributed by atoms with van der Waals surface area (Å²) in [5.41, 5.74) is -1.28. The van der Waals surface area contributed by atoms with E-state index in [1.54, 1.807) is 25.9 Å². The van der Waals surface area contributed by atoms with E-state index in [9.17, 15) is 38.5 Å². The first kappa shape index (κ1) is 29.3. The maximum Gasteiger partial charge on any atom is 0.474 e. The van der Waals surface area contributed by atoms with Crippen LogP contribution in [0.25, 0.3) is 0 Å². The molecule has 8 atom stereocenters. The van der Waals surface area contributed by atoms with Gasteiger partial charge in [-0.3, -0.25) is 27.9 Å². The molecule has 0 amide bonds. The summed E-state index contributed by atoms with van der Waals surface area (Å²) in [7, 11) is -6.45. The normalized spacial score (nSPS) is 33.1. The number of hydrogen-bond acceptors (Lipinski definition) is 11. The highest BCUT2D eigenvalue weighted by molar-refractivity contribution is 7.47. The van der Waals surface area contributed by atoms with E-state index >= 15 is 0 Å². The second-order valence-corrected chi connectivity index (χ2v) is 11.5. The Kier molecular flexibility index (Phi) is 9.14. The number of aromatic amines is 1. The first-order valence-electron chi connectivity index (χ1n) is 10.9. The summed E-state index contributed by atoms with van der Waals surface area (Å²) in [5.74, 6) is 0. The fourth-order valence-corrected chi connectivity index (χ4v) is 5.48. The summed E-state index contributed by atoms with van der Waals surface area (Å²) in [5, 5.41) is 10.5. The number of aliphatic hydroxyl groups is 1. The predicted octanol–water partition coefficient (Wildman–Crippen LogP) is -0.830. The lowest BCUT2D eigenvalue weighted by atomic mass is 9.99. The van der Waals surface area contributed by atoms with Gasteiger partial charge >= 0.3 is 21.3 Å². The summed E-state index contributed by atoms with van der Waals surface area (Å²) in [6.45, 7) is 2.41. The zero-order valence-electron chi connectivity index (χ0n) is 20.0. The third-order valence-corrected chi connectivity index (χ3v) is 7.32. The topological polar surface area (TPSA) is 219 Å². The molecule has 36 heavy (non-hydrogen) atoms. The van der Waals surface area contributed by atoms with E-state index in [4.69, 9.17) is 23.0 Å². The van der Waals surface area contributed by atoms with Gasteiger partial charge in [-0.05, 0) is 34.4 Å². The first-order valence-corrected chi connectivity index (χ1v) is 14.0. The smallest absolute Gasteiger partial charge is 0.386 e. The number of phosphoric acid groups is 2. The standard InChI is InChI=1S/C18H31N3O13P2/c1-9-7-21(18(24)19-16(9)23)14-6-12(33-35(25,26)27)13(32-14)8-30-36(28,29)34-17-15(22)11(20(3)4)5-10(2)31-17/h7,10-15,17,22H,5-6,8H2,1-4H3,(H,28,29)(H,19,23,24)(H2,25,26,27)/t10-,11+,12+,13-,14-,15-,17-/m1/s1. The Bertz CT molecular complexity index is 1130. The average molecular weight is 559 g/mol. The Morgan fingerprint density at radius 1 is 1.17 bits per heavy atom. The second-order valence-electron chi connectivity index (χ2n) is 8.92. The van der Waals surface area contributed by atoms with Crippen molar-refractivity contribution < 1.29 is 52.0 Å². The third kappa shape index (κ3) is 7.40. The number of nitrogens with zero attached hydrogens (tertiary/aromatic N) is 2. The molecular weight excluding hydrogens is 528 g/mol. The molecule has 0 saturated carbocycles. The highest BCUT2D eigenvalue weighted by Gasteiger charge is 2.45. The molecular formula is C18H31N3O13P2. The Hall–Kier alpha value is -1.26. The van der Waals surface area contributed by atoms with Crippen molar-refractivity contribution in [1.82, 2.24) is 14.5 Å². The lowest BCUT2D eigenvalue weighted by Crippen LogP contribution is -2.53. The van der Waals surface area contributed by atoms with E-state index in [0.717, 1.165) is 4.57 Å². The summed E-state index contributed by atoms with van der Waals surface area (Å²) >= 11 is 0. The highest BCUT2D eigenvalue weighted by Crippen LogP contribution is 2.49. The average Bonchev–Trinajstić information content (AvgIpc) is 3.12. The van der Waals surface area contributed by atoms with E-state index < -0.39 is 76.5 Å². The summed E-state index contributed by atoms with van der Waals surface area (Å²) < 4.78 is 50.9. The van der Waals surface area contributed by atoms with Gasteiger partial charge in [-0.2, -0.15) is 0 Å². The number of H-pyrrole nitrogens is 1. The van der Waals surface area contributed by atoms with E-state index in [-0.39, 0.29) is 12.0 Å². The van der Waals surface area contributed by atoms with Crippen LogP contribution in [0.5, 0.6) is 0 Å². The molecule has 5 N–H and O–H groups in total. The van der Waals surface area contributed by atoms with Crippen molar-refractivity contribution in [2.24, 2.45) is 0 Å². The van der Waals surface area contributed by atoms with Gasteiger partial charge in [0, 0.05) is 24.2 Å². The molecule has 16 nitrogen and oxygen atoms in total. The molecule has 0 aliphatic carbocycles. The quantitative estimate of drug-likeness (QED) is 0.233. The van der Waals surface area contributed by atoms with Gasteiger partial charge < -0.3 is 34.2 Å². The van der Waals surface area contributed by atoms with Gasteiger partial charge in [0.15, 0.2) is 6.29 Å². The molecule has 2 aliphatic heterocycles. The van der Waals surface area contributed by atoms with Crippen molar-refractivity contribution in [2.45, 2.75) is 69.7 Å². The van der Waals surface area contributed by atoms with Crippen molar-refractivity contribution >= 4 is 15.6 Å². The van der Waals surface area contributed by atoms with Crippen molar-refractivity contribution in [1.29, 1.82) is 0 Å². The maximum absolute atomic E-state index is 12.6. The zero-order valence-corrected chi connectivity index (χ0v) is 21.8. The number of nitrogens with one attached hydrogen (secondary N) is 1. The lowest BCUT2D eigenvalue weighted by molar-refractivity contribution is -0.224. The van der Waals surface area contributed by atoms with Crippen LogP contribution in [-0.2, 0) is 32.2 Å². The van der Waals surface area contributed by atoms with Crippen LogP contribution in [0.1, 0.15) is 31.6 Å². The van der Waals surface area contributed by atoms with Crippen LogP contribution in [0.15, 0.2) is 15.8 Å². The number of aromatic nitrogens is 2. The van der Waals surface area contributed by atoms with Crippen LogP contribution in [0.2, 0.25) is 0 Å². The number of hydrogen-bond donors (Lipinski definition) is 5. The summed E-state index contributed by atoms with van der Waals surface area (Å²) in [6, 6.07) is -0.419. The van der Waals surface area contributed by atoms with E-state index in [1.165, 1.54) is 13.1 Å². The van der Waals surface area contributed by atoms with Crippen LogP contribution < -0.4 is 11.2 Å². The van der Waals surface area contributed by atoms with E-state index in [1.807, 2.05) is 0 Å². The third-order valence-electron chi connectivity index (χ3n) is 5.82. The van der Waals surface area contributed by atoms with Crippen molar-refractivity contribution in [3.05, 3.63) is 32.6 Å². The molecule has 0 bridgehead atoms. The van der Waals surface area contributed by atoms with Crippen molar-refractivity contribution in [2.75, 3.05) is 20.7 Å². The van der Waals surface area contributed by atoms with Gasteiger partial charge in [0.25, 0.3) is 5.56 Å². The van der Waals surface area contributed by atoms with Crippen LogP contribution in [0.3, 0.4) is 0 Å². The molecule has 0 radical (unpaired) electrons. The minimum Gasteiger partial charge on any atom is -0.386 e. The Labute approximate surface area is 205 Å². The molecule has 1 unspecified atom stereocenters. The highest BCUT2D eigenvalue weighted by atomic mass is 31.2. The zero-order chi connectivity index (χ0) is 27.0. The van der Waals surface area contributed by atoms with Crippen molar-refractivity contribution in [3.63, 3.8) is 0 Å². The maximum atomic E-state index is 12.6. The minimum atomic E-state index is -5.03. The number of phosphoric ester groups is 2. The van der Waals surface area contributed by atoms with Gasteiger partial charge in [-0.1, -0.05) is 0 Å². The molecule has 2 aliphatic rings. The SMILES string of the molecule is Cc1cn([C@H]2C[C@H](OP(=O)(O)O)[C@@H](COP(=O)(O)O[C@H]3O[C@H](C)C[C@H](N(C)C)[C@H]3O)O2)c(=O)[nH]c1=O. The molecule has 1 aromatic rings. The molecule has 1 aromatic heterocycles. The van der Waals surface area contributed by atoms with Crippen LogP contribution in [-0.4, -0.2) is 91.7 Å². The fraction of sp³-hybridized carbons (Fsp3) is 0.778. The molecule has 3 rings (SSSR count). The Morgan fingerprint density at radius 3 is 2.44 bits per heavy atom. The summed E-state index contributed by atoms with van der Waals surface area (Å²) in [6.07, 6.45) is -5.57. The Morgan fingerprint density at radius 2 is 1.83 bits per heavy atom. The van der Waals surface area contributed by atoms with Crippen LogP contribution >= 0.6 is 15.6 Å². The summed E-state index contributed by atoms with van der Waals surface area (Å²) in [4.78, 5) is 56.4. The van der Waals surface area contributed by atoms with Crippen LogP contribution in [0.4, 0.5) is 0 Å². The predicted molar refractivity (Wildman–Crippen MR) is 121 cm³/mol. The monoisotopic (exact) mass is 559 g/mol. The van der Waals surface area contributed by atoms with E-state index in [2.05, 4.69) is 4.98 Å². The fourth-order valence-electron chi connectivity index (χ4n) is 4.07. The van der Waals surface area contributed by atoms with Gasteiger partial charge in [0.05, 0.1) is 12.7 Å². The first-order chi connectivity index (χ1) is 16.6. The molecule has 0 aromatic carbocycles. The molecule has 3 heterocycles. The molecule has 2 saturated heterocycles. The largest absolute Gasteiger partial charge is 0.474 e. The molecule has 2 fully saturated rings. The Balaban J connectivity index is 1.72. The van der Waals surface area contributed by atoms with E-state index in [0.29, 0.717) is 6.42 Å². The number of likely N-dealkylation sites (N-methyl/N-ethyl adjacent to an activating group) is 1. The lowest BCUT2D eigenvalue weighted by Gasteiger charge is -2.40. The van der Waals surface area contributed by atoms with Crippen molar-refractivity contribution in [3.8, 4) is 0 Å². The number of aryl methyl sites for hydroxylation is 1. The number of ether oxygens (including phenoxy) is 2. The molecule has 206 valence electrons. The van der Waals surface area contributed by atoms with Gasteiger partial charge in [-0.25, -0.2) is 13.9 Å². The minimum absolute atomic E-state index is 0.176. The number of rotatable bonds is 9.